The van der Waals surface area contributed by atoms with Crippen molar-refractivity contribution in [2.24, 2.45) is 0 Å². The first-order valence-corrected chi connectivity index (χ1v) is 11.9. The maximum atomic E-state index is 12.6. The fourth-order valence-corrected chi connectivity index (χ4v) is 3.93. The molecule has 0 saturated carbocycles. The third-order valence-electron chi connectivity index (χ3n) is 6.13. The monoisotopic (exact) mass is 527 g/mol. The van der Waals surface area contributed by atoms with E-state index < -0.39 is 24.3 Å². The summed E-state index contributed by atoms with van der Waals surface area (Å²) in [5.41, 5.74) is 2.78. The lowest BCUT2D eigenvalue weighted by atomic mass is 10.0. The molecule has 3 aromatic rings. The largest absolute Gasteiger partial charge is 0.405 e. The number of nitrogens with one attached hydrogen (secondary N) is 4. The molecule has 0 radical (unpaired) electrons. The van der Waals surface area contributed by atoms with Crippen LogP contribution in [0.1, 0.15) is 25.8 Å². The highest BCUT2D eigenvalue weighted by molar-refractivity contribution is 6.08. The molecule has 0 bridgehead atoms. The molecule has 200 valence electrons. The Balaban J connectivity index is 1.51. The fraction of sp³-hybridized carbons (Fsp3) is 0.308. The lowest BCUT2D eigenvalue weighted by molar-refractivity contribution is -0.140. The summed E-state index contributed by atoms with van der Waals surface area (Å²) in [5, 5.41) is 15.2. The van der Waals surface area contributed by atoms with Gasteiger partial charge in [0.1, 0.15) is 17.7 Å². The van der Waals surface area contributed by atoms with Gasteiger partial charge in [-0.1, -0.05) is 12.1 Å². The van der Waals surface area contributed by atoms with Crippen LogP contribution in [0.25, 0.3) is 22.5 Å². The van der Waals surface area contributed by atoms with E-state index in [4.69, 9.17) is 5.41 Å². The van der Waals surface area contributed by atoms with Gasteiger partial charge in [-0.2, -0.15) is 13.2 Å². The van der Waals surface area contributed by atoms with Gasteiger partial charge in [-0.15, -0.1) is 0 Å². The highest BCUT2D eigenvalue weighted by atomic mass is 19.4. The number of anilines is 1. The zero-order valence-electron chi connectivity index (χ0n) is 20.9. The van der Waals surface area contributed by atoms with Crippen LogP contribution in [0.15, 0.2) is 55.0 Å². The minimum absolute atomic E-state index is 0.00670. The zero-order valence-corrected chi connectivity index (χ0v) is 20.9. The third-order valence-corrected chi connectivity index (χ3v) is 6.13. The van der Waals surface area contributed by atoms with Gasteiger partial charge in [0.15, 0.2) is 0 Å². The molecule has 12 heteroatoms. The van der Waals surface area contributed by atoms with Crippen molar-refractivity contribution in [2.75, 3.05) is 25.0 Å². The van der Waals surface area contributed by atoms with E-state index in [0.29, 0.717) is 28.2 Å². The van der Waals surface area contributed by atoms with Crippen LogP contribution in [0.4, 0.5) is 23.7 Å². The van der Waals surface area contributed by atoms with Gasteiger partial charge in [-0.3, -0.25) is 9.20 Å². The van der Waals surface area contributed by atoms with Gasteiger partial charge >= 0.3 is 12.2 Å². The molecule has 1 fully saturated rings. The van der Waals surface area contributed by atoms with Crippen LogP contribution >= 0.6 is 0 Å². The number of imidazole rings is 1. The average Bonchev–Trinajstić information content (AvgIpc) is 3.25. The van der Waals surface area contributed by atoms with Crippen molar-refractivity contribution >= 4 is 35.1 Å². The Labute approximate surface area is 217 Å². The summed E-state index contributed by atoms with van der Waals surface area (Å²) in [6.07, 6.45) is 2.79. The number of hydrogen-bond acceptors (Lipinski definition) is 5. The summed E-state index contributed by atoms with van der Waals surface area (Å²) in [6, 6.07) is 9.33. The first kappa shape index (κ1) is 26.7. The Morgan fingerprint density at radius 3 is 2.58 bits per heavy atom. The number of pyridine rings is 1. The number of aromatic nitrogens is 2. The number of likely N-dealkylation sites (tertiary alicyclic amines) is 1. The number of hydrogen-bond donors (Lipinski definition) is 4. The first-order chi connectivity index (χ1) is 18.0. The lowest BCUT2D eigenvalue weighted by Crippen LogP contribution is -2.56. The van der Waals surface area contributed by atoms with Crippen molar-refractivity contribution in [3.8, 4) is 11.3 Å². The summed E-state index contributed by atoms with van der Waals surface area (Å²) in [6.45, 7) is 3.70. The zero-order chi connectivity index (χ0) is 27.5. The van der Waals surface area contributed by atoms with Crippen molar-refractivity contribution in [2.45, 2.75) is 32.0 Å². The first-order valence-electron chi connectivity index (χ1n) is 11.9. The SMILES string of the molecule is CC(C)(N/C=C(\C=N)c1ccn2c(-c3cccc(NC(=O)NCC(F)(F)F)c3)cnc2c1)C(=O)N1CCC1. The van der Waals surface area contributed by atoms with E-state index in [2.05, 4.69) is 15.6 Å². The maximum absolute atomic E-state index is 12.6. The number of urea groups is 1. The Kier molecular flexibility index (Phi) is 7.42. The topological polar surface area (TPSA) is 115 Å². The minimum atomic E-state index is -4.50. The van der Waals surface area contributed by atoms with Gasteiger partial charge in [0, 0.05) is 48.5 Å². The molecule has 3 amide bonds. The van der Waals surface area contributed by atoms with E-state index in [0.717, 1.165) is 25.1 Å². The second kappa shape index (κ2) is 10.6. The third kappa shape index (κ3) is 6.13. The molecule has 3 heterocycles. The number of halogens is 3. The molecule has 4 rings (SSSR count). The van der Waals surface area contributed by atoms with Gasteiger partial charge in [0.05, 0.1) is 11.9 Å². The van der Waals surface area contributed by atoms with Crippen molar-refractivity contribution in [1.82, 2.24) is 24.9 Å². The van der Waals surface area contributed by atoms with Crippen LogP contribution in [0.3, 0.4) is 0 Å². The molecule has 1 aromatic carbocycles. The molecule has 0 spiro atoms. The molecular formula is C26H28F3N7O2. The molecule has 1 aliphatic heterocycles. The normalized spacial score (nSPS) is 14.1. The van der Waals surface area contributed by atoms with E-state index in [1.54, 1.807) is 73.0 Å². The number of carbonyl (C=O) groups is 2. The summed E-state index contributed by atoms with van der Waals surface area (Å²) in [7, 11) is 0. The Morgan fingerprint density at radius 2 is 1.92 bits per heavy atom. The molecule has 1 aliphatic rings. The number of alkyl halides is 3. The highest BCUT2D eigenvalue weighted by Crippen LogP contribution is 2.26. The van der Waals surface area contributed by atoms with E-state index in [-0.39, 0.29) is 5.91 Å². The number of benzene rings is 1. The number of fused-ring (bicyclic) bond motifs is 1. The van der Waals surface area contributed by atoms with E-state index in [9.17, 15) is 22.8 Å². The van der Waals surface area contributed by atoms with Crippen molar-refractivity contribution in [3.05, 3.63) is 60.6 Å². The number of rotatable bonds is 8. The predicted molar refractivity (Wildman–Crippen MR) is 139 cm³/mol. The molecule has 1 saturated heterocycles. The molecule has 2 aromatic heterocycles. The summed E-state index contributed by atoms with van der Waals surface area (Å²) in [4.78, 5) is 30.7. The van der Waals surface area contributed by atoms with Crippen LogP contribution < -0.4 is 16.0 Å². The maximum Gasteiger partial charge on any atom is 0.405 e. The average molecular weight is 528 g/mol. The van der Waals surface area contributed by atoms with Gasteiger partial charge in [-0.25, -0.2) is 9.78 Å². The van der Waals surface area contributed by atoms with Crippen LogP contribution in [0.5, 0.6) is 0 Å². The summed E-state index contributed by atoms with van der Waals surface area (Å²) in [5.74, 6) is 0.00670. The summed E-state index contributed by atoms with van der Waals surface area (Å²) >= 11 is 0. The quantitative estimate of drug-likeness (QED) is 0.328. The molecule has 0 unspecified atom stereocenters. The van der Waals surface area contributed by atoms with Crippen molar-refractivity contribution in [3.63, 3.8) is 0 Å². The number of amides is 3. The molecular weight excluding hydrogens is 499 g/mol. The Bertz CT molecular complexity index is 1390. The minimum Gasteiger partial charge on any atom is -0.377 e. The second-order valence-electron chi connectivity index (χ2n) is 9.45. The Hall–Kier alpha value is -4.35. The predicted octanol–water partition coefficient (Wildman–Crippen LogP) is 4.28. The van der Waals surface area contributed by atoms with Crippen LogP contribution in [-0.4, -0.2) is 63.8 Å². The standard InChI is InChI=1S/C26H28F3N7O2/c1-25(2,23(37)35-8-4-9-35)33-14-19(13-30)17-7-10-36-21(15-31-22(36)12-17)18-5-3-6-20(11-18)34-24(38)32-16-26(27,28)29/h3,5-7,10-15,30,33H,4,8-9,16H2,1-2H3,(H2,32,34,38)/b19-14+,30-13?. The van der Waals surface area contributed by atoms with Crippen LogP contribution in [-0.2, 0) is 4.79 Å². The molecule has 0 atom stereocenters. The van der Waals surface area contributed by atoms with Crippen molar-refractivity contribution in [1.29, 1.82) is 5.41 Å². The van der Waals surface area contributed by atoms with Gasteiger partial charge in [0.25, 0.3) is 0 Å². The number of allylic oxidation sites excluding steroid dienone is 1. The molecule has 0 aliphatic carbocycles. The Morgan fingerprint density at radius 1 is 1.16 bits per heavy atom. The second-order valence-corrected chi connectivity index (χ2v) is 9.45. The van der Waals surface area contributed by atoms with Gasteiger partial charge in [-0.05, 0) is 50.1 Å². The number of carbonyl (C=O) groups excluding carboxylic acids is 2. The van der Waals surface area contributed by atoms with Crippen molar-refractivity contribution < 1.29 is 22.8 Å². The number of nitrogens with zero attached hydrogens (tertiary/aromatic N) is 3. The highest BCUT2D eigenvalue weighted by Gasteiger charge is 2.33. The van der Waals surface area contributed by atoms with E-state index >= 15 is 0 Å². The van der Waals surface area contributed by atoms with Gasteiger partial charge < -0.3 is 26.3 Å². The van der Waals surface area contributed by atoms with E-state index in [1.807, 2.05) is 10.5 Å². The van der Waals surface area contributed by atoms with E-state index in [1.165, 1.54) is 6.21 Å². The summed E-state index contributed by atoms with van der Waals surface area (Å²) < 4.78 is 38.8. The molecule has 38 heavy (non-hydrogen) atoms. The molecule has 4 N–H and O–H groups in total. The van der Waals surface area contributed by atoms with Gasteiger partial charge in [0.2, 0.25) is 5.91 Å². The smallest absolute Gasteiger partial charge is 0.377 e. The fourth-order valence-electron chi connectivity index (χ4n) is 3.93. The lowest BCUT2D eigenvalue weighted by Gasteiger charge is -2.37. The van der Waals surface area contributed by atoms with Crippen LogP contribution in [0.2, 0.25) is 0 Å². The molecule has 9 nitrogen and oxygen atoms in total. The van der Waals surface area contributed by atoms with Crippen LogP contribution in [0, 0.1) is 5.41 Å².